The molecule has 1 aromatic carbocycles. The number of carbonyl (C=O) groups is 1. The number of amides is 1. The summed E-state index contributed by atoms with van der Waals surface area (Å²) in [6.45, 7) is 4.99. The second kappa shape index (κ2) is 10.9. The quantitative estimate of drug-likeness (QED) is 0.796. The van der Waals surface area contributed by atoms with E-state index in [-0.39, 0.29) is 36.8 Å². The van der Waals surface area contributed by atoms with Crippen LogP contribution in [-0.2, 0) is 16.0 Å². The van der Waals surface area contributed by atoms with E-state index in [9.17, 15) is 4.79 Å². The summed E-state index contributed by atoms with van der Waals surface area (Å²) in [5.41, 5.74) is 6.44. The first-order chi connectivity index (χ1) is 11.7. The number of hydrogen-bond acceptors (Lipinski definition) is 5. The van der Waals surface area contributed by atoms with Crippen molar-refractivity contribution in [3.8, 4) is 5.75 Å². The molecule has 8 heteroatoms. The first-order valence-corrected chi connectivity index (χ1v) is 8.63. The molecule has 1 aromatic rings. The van der Waals surface area contributed by atoms with Gasteiger partial charge in [-0.2, -0.15) is 0 Å². The minimum absolute atomic E-state index is 0. The van der Waals surface area contributed by atoms with Crippen LogP contribution in [0.1, 0.15) is 5.56 Å². The average molecular weight is 406 g/mol. The zero-order valence-corrected chi connectivity index (χ0v) is 16.8. The highest BCUT2D eigenvalue weighted by atomic mass is 35.5. The van der Waals surface area contributed by atoms with Crippen LogP contribution in [0, 0.1) is 5.92 Å². The Labute approximate surface area is 167 Å². The average Bonchev–Trinajstić information content (AvgIpc) is 2.83. The van der Waals surface area contributed by atoms with Gasteiger partial charge in [0.25, 0.3) is 0 Å². The van der Waals surface area contributed by atoms with Gasteiger partial charge in [0.2, 0.25) is 5.91 Å². The van der Waals surface area contributed by atoms with E-state index in [0.29, 0.717) is 32.1 Å². The van der Waals surface area contributed by atoms with Crippen molar-refractivity contribution in [3.05, 3.63) is 29.8 Å². The molecule has 2 aliphatic rings. The third-order valence-corrected chi connectivity index (χ3v) is 4.61. The van der Waals surface area contributed by atoms with Gasteiger partial charge in [-0.05, 0) is 24.7 Å². The summed E-state index contributed by atoms with van der Waals surface area (Å²) in [5.74, 6) is 1.33. The van der Waals surface area contributed by atoms with Gasteiger partial charge in [0.15, 0.2) is 0 Å². The van der Waals surface area contributed by atoms with E-state index in [4.69, 9.17) is 15.2 Å². The maximum Gasteiger partial charge on any atom is 0.227 e. The number of nitrogens with zero attached hydrogens (tertiary/aromatic N) is 2. The number of ether oxygens (including phenoxy) is 2. The summed E-state index contributed by atoms with van der Waals surface area (Å²) in [6.07, 6.45) is 0.396. The van der Waals surface area contributed by atoms with Gasteiger partial charge in [-0.25, -0.2) is 0 Å². The first-order valence-electron chi connectivity index (χ1n) is 8.63. The van der Waals surface area contributed by atoms with Crippen molar-refractivity contribution < 1.29 is 14.3 Å². The lowest BCUT2D eigenvalue weighted by Crippen LogP contribution is -2.46. The van der Waals surface area contributed by atoms with Crippen molar-refractivity contribution in [1.82, 2.24) is 9.80 Å². The van der Waals surface area contributed by atoms with E-state index < -0.39 is 0 Å². The molecule has 6 nitrogen and oxygen atoms in total. The maximum absolute atomic E-state index is 12.9. The van der Waals surface area contributed by atoms with Crippen LogP contribution in [0.25, 0.3) is 0 Å². The summed E-state index contributed by atoms with van der Waals surface area (Å²) in [7, 11) is 2.12. The van der Waals surface area contributed by atoms with Gasteiger partial charge in [-0.1, -0.05) is 12.1 Å². The molecule has 2 saturated heterocycles. The smallest absolute Gasteiger partial charge is 0.227 e. The van der Waals surface area contributed by atoms with Crippen LogP contribution in [0.4, 0.5) is 0 Å². The molecule has 0 radical (unpaired) electrons. The predicted molar refractivity (Wildman–Crippen MR) is 106 cm³/mol. The highest BCUT2D eigenvalue weighted by Gasteiger charge is 2.34. The molecule has 2 heterocycles. The number of likely N-dealkylation sites (N-methyl/N-ethyl adjacent to an activating group) is 1. The van der Waals surface area contributed by atoms with Crippen LogP contribution in [0.5, 0.6) is 5.75 Å². The monoisotopic (exact) mass is 405 g/mol. The van der Waals surface area contributed by atoms with Gasteiger partial charge < -0.3 is 25.0 Å². The number of hydrogen-bond donors (Lipinski definition) is 1. The topological polar surface area (TPSA) is 68.0 Å². The minimum atomic E-state index is 0. The Morgan fingerprint density at radius 1 is 1.27 bits per heavy atom. The highest BCUT2D eigenvalue weighted by Crippen LogP contribution is 2.21. The molecule has 2 atom stereocenters. The van der Waals surface area contributed by atoms with E-state index in [2.05, 4.69) is 11.9 Å². The summed E-state index contributed by atoms with van der Waals surface area (Å²) in [6, 6.07) is 7.86. The van der Waals surface area contributed by atoms with Gasteiger partial charge in [0.1, 0.15) is 12.4 Å². The fourth-order valence-corrected chi connectivity index (χ4v) is 3.58. The van der Waals surface area contributed by atoms with E-state index in [0.717, 1.165) is 37.6 Å². The number of fused-ring (bicyclic) bond motifs is 3. The third kappa shape index (κ3) is 5.99. The predicted octanol–water partition coefficient (Wildman–Crippen LogP) is 1.20. The molecule has 2 aliphatic heterocycles. The van der Waals surface area contributed by atoms with Gasteiger partial charge in [0.05, 0.1) is 25.7 Å². The Bertz CT molecular complexity index is 576. The van der Waals surface area contributed by atoms with Gasteiger partial charge >= 0.3 is 0 Å². The Morgan fingerprint density at radius 2 is 2.08 bits per heavy atom. The fraction of sp³-hybridized carbons (Fsp3) is 0.611. The number of carbonyl (C=O) groups excluding carboxylic acids is 1. The van der Waals surface area contributed by atoms with E-state index >= 15 is 0 Å². The van der Waals surface area contributed by atoms with Crippen molar-refractivity contribution in [2.45, 2.75) is 12.5 Å². The van der Waals surface area contributed by atoms with Crippen molar-refractivity contribution in [2.75, 3.05) is 53.0 Å². The second-order valence-corrected chi connectivity index (χ2v) is 6.79. The molecule has 0 saturated carbocycles. The third-order valence-electron chi connectivity index (χ3n) is 4.61. The molecule has 1 amide bonds. The maximum atomic E-state index is 12.9. The fourth-order valence-electron chi connectivity index (χ4n) is 3.58. The standard InChI is InChI=1S/C18H27N3O3.2ClH/c1-20-9-15-10-21(16(11-20)13-23-12-15)18(22)8-14-3-2-4-17(7-14)24-6-5-19;;/h2-4,7,15-16H,5-6,8-13,19H2,1H3;2*1H/t15-,16-;;/m0../s1. The summed E-state index contributed by atoms with van der Waals surface area (Å²) >= 11 is 0. The van der Waals surface area contributed by atoms with Crippen molar-refractivity contribution in [2.24, 2.45) is 11.7 Å². The second-order valence-electron chi connectivity index (χ2n) is 6.79. The van der Waals surface area contributed by atoms with E-state index in [1.54, 1.807) is 0 Å². The molecule has 2 fully saturated rings. The zero-order chi connectivity index (χ0) is 16.9. The molecule has 0 aliphatic carbocycles. The molecule has 2 bridgehead atoms. The van der Waals surface area contributed by atoms with Crippen molar-refractivity contribution >= 4 is 30.7 Å². The number of rotatable bonds is 5. The lowest BCUT2D eigenvalue weighted by Gasteiger charge is -2.29. The molecule has 0 aromatic heterocycles. The van der Waals surface area contributed by atoms with Crippen molar-refractivity contribution in [1.29, 1.82) is 0 Å². The lowest BCUT2D eigenvalue weighted by molar-refractivity contribution is -0.133. The molecule has 2 N–H and O–H groups in total. The molecule has 0 spiro atoms. The molecule has 148 valence electrons. The SMILES string of the molecule is CN1C[C@@H]2COC[C@H](C1)N(C(=O)Cc1cccc(OCCN)c1)C2.Cl.Cl. The zero-order valence-electron chi connectivity index (χ0n) is 15.1. The molecule has 0 unspecified atom stereocenters. The largest absolute Gasteiger partial charge is 0.492 e. The molecular formula is C18H29Cl2N3O3. The highest BCUT2D eigenvalue weighted by molar-refractivity contribution is 5.85. The van der Waals surface area contributed by atoms with E-state index in [1.165, 1.54) is 0 Å². The Morgan fingerprint density at radius 3 is 2.85 bits per heavy atom. The van der Waals surface area contributed by atoms with Crippen LogP contribution in [0.2, 0.25) is 0 Å². The Hall–Kier alpha value is -1.05. The first kappa shape index (κ1) is 23.0. The molecule has 26 heavy (non-hydrogen) atoms. The van der Waals surface area contributed by atoms with Crippen LogP contribution >= 0.6 is 24.8 Å². The molecular weight excluding hydrogens is 377 g/mol. The normalized spacial score (nSPS) is 22.6. The molecule has 3 rings (SSSR count). The lowest BCUT2D eigenvalue weighted by atomic mass is 10.1. The van der Waals surface area contributed by atoms with Gasteiger partial charge in [-0.15, -0.1) is 24.8 Å². The summed E-state index contributed by atoms with van der Waals surface area (Å²) in [4.78, 5) is 17.2. The summed E-state index contributed by atoms with van der Waals surface area (Å²) < 4.78 is 11.3. The van der Waals surface area contributed by atoms with Crippen molar-refractivity contribution in [3.63, 3.8) is 0 Å². The number of nitrogens with two attached hydrogens (primary N) is 1. The number of benzene rings is 1. The van der Waals surface area contributed by atoms with Crippen LogP contribution < -0.4 is 10.5 Å². The Balaban J connectivity index is 0.00000169. The minimum Gasteiger partial charge on any atom is -0.492 e. The van der Waals surface area contributed by atoms with Crippen LogP contribution in [0.3, 0.4) is 0 Å². The van der Waals surface area contributed by atoms with Crippen LogP contribution in [0.15, 0.2) is 24.3 Å². The van der Waals surface area contributed by atoms with Gasteiger partial charge in [-0.3, -0.25) is 4.79 Å². The number of halogens is 2. The summed E-state index contributed by atoms with van der Waals surface area (Å²) in [5, 5.41) is 0. The van der Waals surface area contributed by atoms with E-state index in [1.807, 2.05) is 29.2 Å². The Kier molecular flexibility index (Phi) is 9.68. The van der Waals surface area contributed by atoms with Crippen LogP contribution in [-0.4, -0.2) is 74.8 Å². The van der Waals surface area contributed by atoms with Gasteiger partial charge in [0, 0.05) is 32.1 Å².